The van der Waals surface area contributed by atoms with Gasteiger partial charge in [-0.25, -0.2) is 23.4 Å². The first kappa shape index (κ1) is 26.3. The molecule has 0 bridgehead atoms. The molecule has 10 nitrogen and oxygen atoms in total. The monoisotopic (exact) mass is 536 g/mol. The van der Waals surface area contributed by atoms with Crippen LogP contribution in [0.1, 0.15) is 37.8 Å². The molecule has 1 aliphatic carbocycles. The number of hydrogen-bond acceptors (Lipinski definition) is 8. The summed E-state index contributed by atoms with van der Waals surface area (Å²) in [6.45, 7) is 0.359. The zero-order valence-electron chi connectivity index (χ0n) is 19.6. The van der Waals surface area contributed by atoms with Crippen molar-refractivity contribution in [2.45, 2.75) is 43.5 Å². The number of nitrogens with zero attached hydrogens (tertiary/aromatic N) is 4. The van der Waals surface area contributed by atoms with E-state index in [1.165, 1.54) is 30.9 Å². The summed E-state index contributed by atoms with van der Waals surface area (Å²) in [5, 5.41) is 2.26. The van der Waals surface area contributed by atoms with Crippen LogP contribution in [0.15, 0.2) is 49.1 Å². The molecular formula is C23H23F3N6O4S. The van der Waals surface area contributed by atoms with E-state index in [-0.39, 0.29) is 17.5 Å². The van der Waals surface area contributed by atoms with Crippen molar-refractivity contribution in [3.63, 3.8) is 0 Å². The van der Waals surface area contributed by atoms with E-state index >= 15 is 0 Å². The van der Waals surface area contributed by atoms with Crippen molar-refractivity contribution in [2.75, 3.05) is 16.6 Å². The third-order valence-electron chi connectivity index (χ3n) is 5.42. The smallest absolute Gasteiger partial charge is 0.422 e. The molecule has 1 fully saturated rings. The molecule has 3 aromatic heterocycles. The van der Waals surface area contributed by atoms with Gasteiger partial charge in [-0.1, -0.05) is 6.92 Å². The molecule has 0 spiro atoms. The molecule has 196 valence electrons. The Morgan fingerprint density at radius 2 is 1.92 bits per heavy atom. The molecule has 1 amide bonds. The van der Waals surface area contributed by atoms with Gasteiger partial charge in [-0.2, -0.15) is 13.2 Å². The number of amides is 1. The predicted molar refractivity (Wildman–Crippen MR) is 128 cm³/mol. The Kier molecular flexibility index (Phi) is 7.57. The number of rotatable bonds is 10. The maximum Gasteiger partial charge on any atom is 0.422 e. The van der Waals surface area contributed by atoms with Gasteiger partial charge in [0.1, 0.15) is 11.6 Å². The zero-order chi connectivity index (χ0) is 26.6. The number of pyridine rings is 2. The Labute approximate surface area is 210 Å². The van der Waals surface area contributed by atoms with Crippen LogP contribution in [0.25, 0.3) is 11.1 Å². The summed E-state index contributed by atoms with van der Waals surface area (Å²) >= 11 is 0. The van der Waals surface area contributed by atoms with Gasteiger partial charge in [0.15, 0.2) is 6.61 Å². The SMILES string of the molecule is CCC(C(=O)Nc1ccc(-c2cncc(OCC(F)(F)F)c2)cn1)c1ccnc(NS(=O)(=O)C2CC2)n1. The molecule has 3 heterocycles. The van der Waals surface area contributed by atoms with Gasteiger partial charge in [-0.05, 0) is 43.5 Å². The second-order valence-corrected chi connectivity index (χ2v) is 10.3. The Balaban J connectivity index is 1.42. The van der Waals surface area contributed by atoms with E-state index in [1.807, 2.05) is 0 Å². The maximum absolute atomic E-state index is 12.9. The van der Waals surface area contributed by atoms with Crippen molar-refractivity contribution < 1.29 is 31.1 Å². The Bertz CT molecular complexity index is 1370. The molecule has 37 heavy (non-hydrogen) atoms. The van der Waals surface area contributed by atoms with E-state index in [0.29, 0.717) is 36.1 Å². The van der Waals surface area contributed by atoms with Crippen LogP contribution in [-0.2, 0) is 14.8 Å². The first-order valence-electron chi connectivity index (χ1n) is 11.3. The summed E-state index contributed by atoms with van der Waals surface area (Å²) in [7, 11) is -3.55. The number of aromatic nitrogens is 4. The standard InChI is InChI=1S/C23H23F3N6O4S/c1-2-18(19-7-8-28-22(30-19)32-37(34,35)17-4-5-17)21(33)31-20-6-3-14(11-29-20)15-9-16(12-27-10-15)36-13-23(24,25)26/h3,6-12,17-18H,2,4-5,13H2,1H3,(H,28,30,32)(H,29,31,33). The lowest BCUT2D eigenvalue weighted by atomic mass is 10.0. The minimum atomic E-state index is -4.47. The van der Waals surface area contributed by atoms with Crippen LogP contribution in [-0.4, -0.2) is 52.3 Å². The van der Waals surface area contributed by atoms with E-state index in [0.717, 1.165) is 0 Å². The molecule has 0 radical (unpaired) electrons. The summed E-state index contributed by atoms with van der Waals surface area (Å²) in [6, 6.07) is 6.12. The van der Waals surface area contributed by atoms with Crippen molar-refractivity contribution in [3.8, 4) is 16.9 Å². The number of carbonyl (C=O) groups excluding carboxylic acids is 1. The number of carbonyl (C=O) groups is 1. The topological polar surface area (TPSA) is 136 Å². The Morgan fingerprint density at radius 3 is 2.57 bits per heavy atom. The molecule has 1 unspecified atom stereocenters. The molecule has 1 aliphatic rings. The summed E-state index contributed by atoms with van der Waals surface area (Å²) in [5.74, 6) is -0.981. The molecule has 3 aromatic rings. The number of hydrogen-bond donors (Lipinski definition) is 2. The molecule has 0 saturated heterocycles. The second kappa shape index (κ2) is 10.7. The van der Waals surface area contributed by atoms with Crippen LogP contribution in [0.4, 0.5) is 24.9 Å². The maximum atomic E-state index is 12.9. The summed E-state index contributed by atoms with van der Waals surface area (Å²) in [6.07, 6.45) is 2.55. The van der Waals surface area contributed by atoms with Crippen molar-refractivity contribution >= 4 is 27.7 Å². The molecule has 1 atom stereocenters. The van der Waals surface area contributed by atoms with Gasteiger partial charge in [-0.15, -0.1) is 0 Å². The highest BCUT2D eigenvalue weighted by atomic mass is 32.2. The van der Waals surface area contributed by atoms with Gasteiger partial charge < -0.3 is 10.1 Å². The van der Waals surface area contributed by atoms with Gasteiger partial charge >= 0.3 is 6.18 Å². The first-order valence-corrected chi connectivity index (χ1v) is 12.8. The highest BCUT2D eigenvalue weighted by Crippen LogP contribution is 2.29. The van der Waals surface area contributed by atoms with Crippen LogP contribution >= 0.6 is 0 Å². The normalized spacial score (nSPS) is 14.6. The molecule has 0 aromatic carbocycles. The molecular weight excluding hydrogens is 513 g/mol. The zero-order valence-corrected chi connectivity index (χ0v) is 20.4. The average molecular weight is 537 g/mol. The van der Waals surface area contributed by atoms with E-state index in [1.54, 1.807) is 25.1 Å². The van der Waals surface area contributed by atoms with Gasteiger partial charge in [0.2, 0.25) is 21.9 Å². The Hall–Kier alpha value is -3.81. The van der Waals surface area contributed by atoms with Gasteiger partial charge in [0.25, 0.3) is 0 Å². The fraction of sp³-hybridized carbons (Fsp3) is 0.348. The van der Waals surface area contributed by atoms with E-state index in [9.17, 15) is 26.4 Å². The molecule has 14 heteroatoms. The fourth-order valence-corrected chi connectivity index (χ4v) is 4.68. The van der Waals surface area contributed by atoms with Crippen LogP contribution in [0.5, 0.6) is 5.75 Å². The largest absolute Gasteiger partial charge is 0.482 e. The highest BCUT2D eigenvalue weighted by molar-refractivity contribution is 7.93. The lowest BCUT2D eigenvalue weighted by molar-refractivity contribution is -0.153. The number of ether oxygens (including phenoxy) is 1. The Morgan fingerprint density at radius 1 is 1.14 bits per heavy atom. The van der Waals surface area contributed by atoms with Crippen LogP contribution in [0.2, 0.25) is 0 Å². The molecule has 4 rings (SSSR count). The fourth-order valence-electron chi connectivity index (χ4n) is 3.41. The van der Waals surface area contributed by atoms with Crippen molar-refractivity contribution in [1.29, 1.82) is 0 Å². The second-order valence-electron chi connectivity index (χ2n) is 8.35. The number of alkyl halides is 3. The van der Waals surface area contributed by atoms with E-state index < -0.39 is 39.9 Å². The minimum absolute atomic E-state index is 0.0402. The average Bonchev–Trinajstić information content (AvgIpc) is 3.70. The summed E-state index contributed by atoms with van der Waals surface area (Å²) in [5.41, 5.74) is 1.39. The molecule has 2 N–H and O–H groups in total. The summed E-state index contributed by atoms with van der Waals surface area (Å²) < 4.78 is 68.6. The molecule has 1 saturated carbocycles. The van der Waals surface area contributed by atoms with Crippen molar-refractivity contribution in [2.24, 2.45) is 0 Å². The highest BCUT2D eigenvalue weighted by Gasteiger charge is 2.36. The molecule has 0 aliphatic heterocycles. The third-order valence-corrected chi connectivity index (χ3v) is 7.24. The lowest BCUT2D eigenvalue weighted by Gasteiger charge is -2.15. The van der Waals surface area contributed by atoms with Crippen molar-refractivity contribution in [3.05, 3.63) is 54.7 Å². The van der Waals surface area contributed by atoms with Gasteiger partial charge in [0, 0.05) is 29.7 Å². The van der Waals surface area contributed by atoms with Crippen LogP contribution in [0, 0.1) is 0 Å². The third kappa shape index (κ3) is 7.12. The van der Waals surface area contributed by atoms with Gasteiger partial charge in [0.05, 0.1) is 23.1 Å². The van der Waals surface area contributed by atoms with Gasteiger partial charge in [-0.3, -0.25) is 14.5 Å². The number of nitrogens with one attached hydrogen (secondary N) is 2. The quantitative estimate of drug-likeness (QED) is 0.398. The van der Waals surface area contributed by atoms with E-state index in [2.05, 4.69) is 30.0 Å². The lowest BCUT2D eigenvalue weighted by Crippen LogP contribution is -2.23. The number of anilines is 2. The van der Waals surface area contributed by atoms with Crippen molar-refractivity contribution in [1.82, 2.24) is 19.9 Å². The van der Waals surface area contributed by atoms with Crippen LogP contribution < -0.4 is 14.8 Å². The minimum Gasteiger partial charge on any atom is -0.482 e. The number of sulfonamides is 1. The van der Waals surface area contributed by atoms with Crippen LogP contribution in [0.3, 0.4) is 0 Å². The summed E-state index contributed by atoms with van der Waals surface area (Å²) in [4.78, 5) is 29.2. The van der Waals surface area contributed by atoms with E-state index in [4.69, 9.17) is 4.74 Å². The first-order chi connectivity index (χ1) is 17.5. The number of halogens is 3. The predicted octanol–water partition coefficient (Wildman–Crippen LogP) is 3.91.